The van der Waals surface area contributed by atoms with Gasteiger partial charge < -0.3 is 10.2 Å². The van der Waals surface area contributed by atoms with Crippen molar-refractivity contribution in [2.24, 2.45) is 5.92 Å². The van der Waals surface area contributed by atoms with Gasteiger partial charge in [-0.3, -0.25) is 14.7 Å². The van der Waals surface area contributed by atoms with Crippen molar-refractivity contribution < 1.29 is 4.79 Å². The molecule has 0 aliphatic carbocycles. The van der Waals surface area contributed by atoms with Crippen LogP contribution < -0.4 is 10.2 Å². The van der Waals surface area contributed by atoms with Gasteiger partial charge in [0.15, 0.2) is 5.82 Å². The van der Waals surface area contributed by atoms with Crippen molar-refractivity contribution in [1.29, 1.82) is 0 Å². The zero-order valence-electron chi connectivity index (χ0n) is 17.1. The van der Waals surface area contributed by atoms with E-state index in [9.17, 15) is 4.79 Å². The minimum atomic E-state index is 0.0846. The molecule has 2 aliphatic rings. The number of amides is 1. The standard InChI is InChI=1S/C22H30N6O/c1-17-6-7-21(26-25-17)27-12-8-20(9-13-27)28-11-3-5-19(16-28)22(29)24-15-18-4-2-10-23-14-18/h2,4,6-7,10,14,19-20H,3,5,8-9,11-13,15-16H2,1H3,(H,24,29)/t19-/m0/s1. The lowest BCUT2D eigenvalue weighted by atomic mass is 9.93. The van der Waals surface area contributed by atoms with Crippen LogP contribution in [0.5, 0.6) is 0 Å². The van der Waals surface area contributed by atoms with Gasteiger partial charge >= 0.3 is 0 Å². The molecule has 7 nitrogen and oxygen atoms in total. The minimum Gasteiger partial charge on any atom is -0.355 e. The van der Waals surface area contributed by atoms with Crippen LogP contribution in [0.1, 0.15) is 36.9 Å². The largest absolute Gasteiger partial charge is 0.355 e. The van der Waals surface area contributed by atoms with Gasteiger partial charge in [-0.1, -0.05) is 6.07 Å². The van der Waals surface area contributed by atoms with Crippen LogP contribution in [0.3, 0.4) is 0 Å². The summed E-state index contributed by atoms with van der Waals surface area (Å²) in [4.78, 5) is 21.7. The van der Waals surface area contributed by atoms with Gasteiger partial charge in [0.05, 0.1) is 11.6 Å². The first kappa shape index (κ1) is 19.8. The number of nitrogens with one attached hydrogen (secondary N) is 1. The van der Waals surface area contributed by atoms with Crippen LogP contribution in [-0.2, 0) is 11.3 Å². The zero-order chi connectivity index (χ0) is 20.1. The van der Waals surface area contributed by atoms with Crippen molar-refractivity contribution in [3.05, 3.63) is 47.9 Å². The quantitative estimate of drug-likeness (QED) is 0.838. The van der Waals surface area contributed by atoms with Crippen LogP contribution in [0.25, 0.3) is 0 Å². The van der Waals surface area contributed by atoms with Crippen LogP contribution in [0.2, 0.25) is 0 Å². The van der Waals surface area contributed by atoms with Gasteiger partial charge in [-0.15, -0.1) is 5.10 Å². The molecule has 0 aromatic carbocycles. The average Bonchev–Trinajstić information content (AvgIpc) is 2.79. The first-order chi connectivity index (χ1) is 14.2. The molecule has 4 heterocycles. The molecule has 0 radical (unpaired) electrons. The summed E-state index contributed by atoms with van der Waals surface area (Å²) in [6, 6.07) is 8.53. The SMILES string of the molecule is Cc1ccc(N2CCC(N3CCC[C@H](C(=O)NCc4cccnc4)C3)CC2)nn1. The highest BCUT2D eigenvalue weighted by Gasteiger charge is 2.31. The molecule has 29 heavy (non-hydrogen) atoms. The number of carbonyl (C=O) groups excluding carboxylic acids is 1. The normalized spacial score (nSPS) is 21.1. The molecule has 0 unspecified atom stereocenters. The van der Waals surface area contributed by atoms with E-state index in [1.807, 2.05) is 25.1 Å². The van der Waals surface area contributed by atoms with Gasteiger partial charge in [-0.05, 0) is 62.9 Å². The van der Waals surface area contributed by atoms with Crippen LogP contribution >= 0.6 is 0 Å². The molecule has 0 saturated carbocycles. The second-order valence-corrected chi connectivity index (χ2v) is 8.16. The van der Waals surface area contributed by atoms with E-state index in [0.29, 0.717) is 12.6 Å². The molecule has 0 bridgehead atoms. The predicted octanol–water partition coefficient (Wildman–Crippen LogP) is 2.18. The van der Waals surface area contributed by atoms with Crippen molar-refractivity contribution in [3.8, 4) is 0 Å². The van der Waals surface area contributed by atoms with Gasteiger partial charge in [0, 0.05) is 44.6 Å². The Kier molecular flexibility index (Phi) is 6.34. The maximum Gasteiger partial charge on any atom is 0.224 e. The third-order valence-corrected chi connectivity index (χ3v) is 6.10. The van der Waals surface area contributed by atoms with Crippen molar-refractivity contribution >= 4 is 11.7 Å². The van der Waals surface area contributed by atoms with Crippen LogP contribution in [0.4, 0.5) is 5.82 Å². The van der Waals surface area contributed by atoms with Crippen LogP contribution in [0, 0.1) is 12.8 Å². The lowest BCUT2D eigenvalue weighted by Crippen LogP contribution is -2.50. The number of hydrogen-bond acceptors (Lipinski definition) is 6. The summed E-state index contributed by atoms with van der Waals surface area (Å²) in [7, 11) is 0. The van der Waals surface area contributed by atoms with E-state index in [1.54, 1.807) is 12.4 Å². The number of hydrogen-bond donors (Lipinski definition) is 1. The van der Waals surface area contributed by atoms with Crippen LogP contribution in [-0.4, -0.2) is 58.2 Å². The summed E-state index contributed by atoms with van der Waals surface area (Å²) < 4.78 is 0. The molecule has 0 spiro atoms. The molecule has 1 amide bonds. The summed E-state index contributed by atoms with van der Waals surface area (Å²) in [6.45, 7) is 6.48. The van der Waals surface area contributed by atoms with E-state index >= 15 is 0 Å². The van der Waals surface area contributed by atoms with Crippen molar-refractivity contribution in [3.63, 3.8) is 0 Å². The summed E-state index contributed by atoms with van der Waals surface area (Å²) >= 11 is 0. The third-order valence-electron chi connectivity index (χ3n) is 6.10. The maximum absolute atomic E-state index is 12.7. The molecule has 2 aliphatic heterocycles. The molecule has 154 valence electrons. The third kappa shape index (κ3) is 5.09. The van der Waals surface area contributed by atoms with E-state index in [0.717, 1.165) is 68.9 Å². The van der Waals surface area contributed by atoms with E-state index in [1.165, 1.54) is 0 Å². The number of carbonyl (C=O) groups is 1. The number of aryl methyl sites for hydroxylation is 1. The molecular weight excluding hydrogens is 364 g/mol. The van der Waals surface area contributed by atoms with Gasteiger partial charge in [0.2, 0.25) is 5.91 Å². The summed E-state index contributed by atoms with van der Waals surface area (Å²) in [5.41, 5.74) is 1.99. The molecule has 7 heteroatoms. The summed E-state index contributed by atoms with van der Waals surface area (Å²) in [5.74, 6) is 1.23. The smallest absolute Gasteiger partial charge is 0.224 e. The van der Waals surface area contributed by atoms with Crippen LogP contribution in [0.15, 0.2) is 36.7 Å². The Morgan fingerprint density at radius 2 is 2.00 bits per heavy atom. The number of aromatic nitrogens is 3. The number of pyridine rings is 1. The Balaban J connectivity index is 1.26. The minimum absolute atomic E-state index is 0.0846. The molecule has 2 saturated heterocycles. The Morgan fingerprint density at radius 1 is 1.14 bits per heavy atom. The van der Waals surface area contributed by atoms with Gasteiger partial charge in [0.25, 0.3) is 0 Å². The first-order valence-electron chi connectivity index (χ1n) is 10.6. The highest BCUT2D eigenvalue weighted by atomic mass is 16.1. The molecule has 2 aromatic heterocycles. The number of anilines is 1. The summed E-state index contributed by atoms with van der Waals surface area (Å²) in [6.07, 6.45) is 7.85. The molecule has 1 atom stereocenters. The lowest BCUT2D eigenvalue weighted by Gasteiger charge is -2.42. The van der Waals surface area contributed by atoms with E-state index in [-0.39, 0.29) is 11.8 Å². The molecule has 2 fully saturated rings. The fraction of sp³-hybridized carbons (Fsp3) is 0.545. The first-order valence-corrected chi connectivity index (χ1v) is 10.6. The Labute approximate surface area is 172 Å². The van der Waals surface area contributed by atoms with E-state index < -0.39 is 0 Å². The number of piperidine rings is 2. The monoisotopic (exact) mass is 394 g/mol. The fourth-order valence-corrected chi connectivity index (χ4v) is 4.41. The second-order valence-electron chi connectivity index (χ2n) is 8.16. The number of nitrogens with zero attached hydrogens (tertiary/aromatic N) is 5. The highest BCUT2D eigenvalue weighted by Crippen LogP contribution is 2.25. The number of likely N-dealkylation sites (tertiary alicyclic amines) is 1. The molecule has 2 aromatic rings. The fourth-order valence-electron chi connectivity index (χ4n) is 4.41. The Bertz CT molecular complexity index is 789. The maximum atomic E-state index is 12.7. The Morgan fingerprint density at radius 3 is 2.72 bits per heavy atom. The Hall–Kier alpha value is -2.54. The molecule has 1 N–H and O–H groups in total. The van der Waals surface area contributed by atoms with Gasteiger partial charge in [-0.25, -0.2) is 0 Å². The highest BCUT2D eigenvalue weighted by molar-refractivity contribution is 5.78. The molecule has 4 rings (SSSR count). The van der Waals surface area contributed by atoms with Gasteiger partial charge in [0.1, 0.15) is 0 Å². The summed E-state index contributed by atoms with van der Waals surface area (Å²) in [5, 5.41) is 11.6. The lowest BCUT2D eigenvalue weighted by molar-refractivity contribution is -0.127. The van der Waals surface area contributed by atoms with Crippen molar-refractivity contribution in [2.75, 3.05) is 31.1 Å². The van der Waals surface area contributed by atoms with Crippen molar-refractivity contribution in [2.45, 2.75) is 45.2 Å². The number of rotatable bonds is 5. The van der Waals surface area contributed by atoms with E-state index in [4.69, 9.17) is 0 Å². The zero-order valence-corrected chi connectivity index (χ0v) is 17.1. The van der Waals surface area contributed by atoms with Gasteiger partial charge in [-0.2, -0.15) is 5.10 Å². The average molecular weight is 395 g/mol. The topological polar surface area (TPSA) is 74.2 Å². The predicted molar refractivity (Wildman–Crippen MR) is 112 cm³/mol. The van der Waals surface area contributed by atoms with E-state index in [2.05, 4.69) is 36.4 Å². The molecular formula is C22H30N6O. The van der Waals surface area contributed by atoms with Crippen molar-refractivity contribution in [1.82, 2.24) is 25.4 Å². The second kappa shape index (κ2) is 9.31.